The fourth-order valence-electron chi connectivity index (χ4n) is 3.48. The predicted molar refractivity (Wildman–Crippen MR) is 116 cm³/mol. The summed E-state index contributed by atoms with van der Waals surface area (Å²) in [6, 6.07) is 23.9. The topological polar surface area (TPSA) is 42.0 Å². The van der Waals surface area contributed by atoms with E-state index in [4.69, 9.17) is 4.98 Å². The van der Waals surface area contributed by atoms with Crippen molar-refractivity contribution in [3.05, 3.63) is 95.1 Å². The van der Waals surface area contributed by atoms with Crippen molar-refractivity contribution >= 4 is 22.5 Å². The first-order valence-corrected chi connectivity index (χ1v) is 9.36. The summed E-state index contributed by atoms with van der Waals surface area (Å²) in [6.45, 7) is 6.11. The van der Waals surface area contributed by atoms with E-state index in [-0.39, 0.29) is 5.91 Å². The number of aryl methyl sites for hydroxylation is 3. The number of carbonyl (C=O) groups is 1. The van der Waals surface area contributed by atoms with Crippen LogP contribution in [-0.2, 0) is 0 Å². The Bertz CT molecular complexity index is 1160. The van der Waals surface area contributed by atoms with Gasteiger partial charge in [0.15, 0.2) is 0 Å². The molecule has 0 saturated heterocycles. The first kappa shape index (κ1) is 17.9. The van der Waals surface area contributed by atoms with Crippen molar-refractivity contribution in [3.8, 4) is 11.3 Å². The van der Waals surface area contributed by atoms with E-state index in [0.29, 0.717) is 5.56 Å². The molecule has 1 aromatic heterocycles. The van der Waals surface area contributed by atoms with Gasteiger partial charge in [-0.25, -0.2) is 4.98 Å². The van der Waals surface area contributed by atoms with Gasteiger partial charge in [0.05, 0.1) is 16.8 Å². The number of nitrogens with zero attached hydrogens (tertiary/aromatic N) is 1. The summed E-state index contributed by atoms with van der Waals surface area (Å²) in [7, 11) is 0. The van der Waals surface area contributed by atoms with Crippen LogP contribution in [0.15, 0.2) is 72.8 Å². The second-order valence-electron chi connectivity index (χ2n) is 7.27. The Hall–Kier alpha value is -3.46. The van der Waals surface area contributed by atoms with Crippen LogP contribution < -0.4 is 5.32 Å². The molecule has 0 aliphatic heterocycles. The number of benzene rings is 3. The lowest BCUT2D eigenvalue weighted by atomic mass is 10.0. The summed E-state index contributed by atoms with van der Waals surface area (Å²) in [5.74, 6) is -0.128. The average molecular weight is 366 g/mol. The smallest absolute Gasteiger partial charge is 0.256 e. The molecule has 0 bridgehead atoms. The van der Waals surface area contributed by atoms with Gasteiger partial charge in [0, 0.05) is 16.6 Å². The van der Waals surface area contributed by atoms with E-state index in [1.807, 2.05) is 68.4 Å². The summed E-state index contributed by atoms with van der Waals surface area (Å²) >= 11 is 0. The van der Waals surface area contributed by atoms with Crippen LogP contribution in [0.2, 0.25) is 0 Å². The number of carbonyl (C=O) groups excluding carboxylic acids is 1. The van der Waals surface area contributed by atoms with Gasteiger partial charge in [-0.3, -0.25) is 4.79 Å². The standard InChI is InChI=1S/C25H22N2O/c1-16-8-10-19(11-9-16)24-15-22(21-6-4-5-7-23(21)27-24)25(28)26-20-13-17(2)12-18(3)14-20/h4-15H,1-3H3,(H,26,28). The molecule has 4 rings (SSSR count). The molecule has 3 nitrogen and oxygen atoms in total. The number of pyridine rings is 1. The molecule has 0 aliphatic rings. The Labute approximate surface area is 165 Å². The Morgan fingerprint density at radius 1 is 0.786 bits per heavy atom. The molecule has 4 aromatic rings. The van der Waals surface area contributed by atoms with Crippen LogP contribution in [0.5, 0.6) is 0 Å². The molecule has 0 aliphatic carbocycles. The SMILES string of the molecule is Cc1ccc(-c2cc(C(=O)Nc3cc(C)cc(C)c3)c3ccccc3n2)cc1. The number of rotatable bonds is 3. The molecule has 3 aromatic carbocycles. The summed E-state index contributed by atoms with van der Waals surface area (Å²) in [6.07, 6.45) is 0. The van der Waals surface area contributed by atoms with Gasteiger partial charge in [-0.2, -0.15) is 0 Å². The Morgan fingerprint density at radius 3 is 2.18 bits per heavy atom. The average Bonchev–Trinajstić information content (AvgIpc) is 2.67. The highest BCUT2D eigenvalue weighted by Gasteiger charge is 2.14. The fourth-order valence-corrected chi connectivity index (χ4v) is 3.48. The minimum Gasteiger partial charge on any atom is -0.322 e. The largest absolute Gasteiger partial charge is 0.322 e. The van der Waals surface area contributed by atoms with Crippen molar-refractivity contribution < 1.29 is 4.79 Å². The molecule has 28 heavy (non-hydrogen) atoms. The normalized spacial score (nSPS) is 10.8. The number of para-hydroxylation sites is 1. The molecule has 0 spiro atoms. The number of amides is 1. The van der Waals surface area contributed by atoms with Crippen molar-refractivity contribution in [1.82, 2.24) is 4.98 Å². The van der Waals surface area contributed by atoms with Gasteiger partial charge in [0.1, 0.15) is 0 Å². The van der Waals surface area contributed by atoms with Gasteiger partial charge in [-0.05, 0) is 56.2 Å². The van der Waals surface area contributed by atoms with E-state index in [2.05, 4.69) is 30.4 Å². The summed E-state index contributed by atoms with van der Waals surface area (Å²) in [5.41, 5.74) is 7.47. The summed E-state index contributed by atoms with van der Waals surface area (Å²) < 4.78 is 0. The predicted octanol–water partition coefficient (Wildman–Crippen LogP) is 6.08. The lowest BCUT2D eigenvalue weighted by molar-refractivity contribution is 0.102. The van der Waals surface area contributed by atoms with Gasteiger partial charge in [-0.1, -0.05) is 54.1 Å². The molecule has 3 heteroatoms. The Balaban J connectivity index is 1.80. The van der Waals surface area contributed by atoms with Crippen molar-refractivity contribution in [2.24, 2.45) is 0 Å². The molecule has 0 fully saturated rings. The van der Waals surface area contributed by atoms with Crippen molar-refractivity contribution in [1.29, 1.82) is 0 Å². The van der Waals surface area contributed by atoms with Crippen LogP contribution in [0, 0.1) is 20.8 Å². The van der Waals surface area contributed by atoms with E-state index in [0.717, 1.165) is 39.0 Å². The molecule has 0 atom stereocenters. The van der Waals surface area contributed by atoms with Crippen LogP contribution >= 0.6 is 0 Å². The van der Waals surface area contributed by atoms with Crippen molar-refractivity contribution in [3.63, 3.8) is 0 Å². The van der Waals surface area contributed by atoms with E-state index in [1.165, 1.54) is 5.56 Å². The van der Waals surface area contributed by atoms with Gasteiger partial charge in [0.25, 0.3) is 5.91 Å². The molecule has 1 amide bonds. The Morgan fingerprint density at radius 2 is 1.46 bits per heavy atom. The number of hydrogen-bond acceptors (Lipinski definition) is 2. The van der Waals surface area contributed by atoms with Gasteiger partial charge < -0.3 is 5.32 Å². The third kappa shape index (κ3) is 3.65. The van der Waals surface area contributed by atoms with Crippen LogP contribution in [0.3, 0.4) is 0 Å². The second kappa shape index (κ2) is 7.28. The molecular weight excluding hydrogens is 344 g/mol. The number of aromatic nitrogens is 1. The van der Waals surface area contributed by atoms with Gasteiger partial charge in [-0.15, -0.1) is 0 Å². The molecule has 0 radical (unpaired) electrons. The number of nitrogens with one attached hydrogen (secondary N) is 1. The van der Waals surface area contributed by atoms with Crippen LogP contribution in [0.4, 0.5) is 5.69 Å². The highest BCUT2D eigenvalue weighted by atomic mass is 16.1. The minimum absolute atomic E-state index is 0.128. The van der Waals surface area contributed by atoms with Crippen LogP contribution in [0.1, 0.15) is 27.0 Å². The zero-order valence-electron chi connectivity index (χ0n) is 16.3. The van der Waals surface area contributed by atoms with Gasteiger partial charge in [0.2, 0.25) is 0 Å². The highest BCUT2D eigenvalue weighted by Crippen LogP contribution is 2.26. The number of hydrogen-bond donors (Lipinski definition) is 1. The van der Waals surface area contributed by atoms with E-state index >= 15 is 0 Å². The highest BCUT2D eigenvalue weighted by molar-refractivity contribution is 6.13. The molecule has 1 heterocycles. The maximum Gasteiger partial charge on any atom is 0.256 e. The van der Waals surface area contributed by atoms with Gasteiger partial charge >= 0.3 is 0 Å². The van der Waals surface area contributed by atoms with Crippen LogP contribution in [0.25, 0.3) is 22.2 Å². The first-order valence-electron chi connectivity index (χ1n) is 9.36. The second-order valence-corrected chi connectivity index (χ2v) is 7.27. The zero-order valence-corrected chi connectivity index (χ0v) is 16.3. The van der Waals surface area contributed by atoms with E-state index in [9.17, 15) is 4.79 Å². The monoisotopic (exact) mass is 366 g/mol. The lowest BCUT2D eigenvalue weighted by Crippen LogP contribution is -2.13. The lowest BCUT2D eigenvalue weighted by Gasteiger charge is -2.12. The quantitative estimate of drug-likeness (QED) is 0.477. The molecule has 0 saturated carbocycles. The summed E-state index contributed by atoms with van der Waals surface area (Å²) in [5, 5.41) is 3.90. The zero-order chi connectivity index (χ0) is 19.7. The van der Waals surface area contributed by atoms with Crippen molar-refractivity contribution in [2.75, 3.05) is 5.32 Å². The molecule has 0 unspecified atom stereocenters. The third-order valence-electron chi connectivity index (χ3n) is 4.79. The third-order valence-corrected chi connectivity index (χ3v) is 4.79. The molecular formula is C25H22N2O. The molecule has 138 valence electrons. The Kier molecular flexibility index (Phi) is 4.66. The first-order chi connectivity index (χ1) is 13.5. The van der Waals surface area contributed by atoms with Crippen LogP contribution in [-0.4, -0.2) is 10.9 Å². The van der Waals surface area contributed by atoms with E-state index in [1.54, 1.807) is 0 Å². The maximum absolute atomic E-state index is 13.1. The molecule has 1 N–H and O–H groups in total. The summed E-state index contributed by atoms with van der Waals surface area (Å²) in [4.78, 5) is 17.9. The number of anilines is 1. The van der Waals surface area contributed by atoms with E-state index < -0.39 is 0 Å². The van der Waals surface area contributed by atoms with Crippen molar-refractivity contribution in [2.45, 2.75) is 20.8 Å². The maximum atomic E-state index is 13.1. The number of fused-ring (bicyclic) bond motifs is 1. The fraction of sp³-hybridized carbons (Fsp3) is 0.120. The minimum atomic E-state index is -0.128.